The molecule has 0 aromatic heterocycles. The molecule has 4 heteroatoms. The summed E-state index contributed by atoms with van der Waals surface area (Å²) in [5.74, 6) is 0.105. The summed E-state index contributed by atoms with van der Waals surface area (Å²) in [6, 6.07) is 10.1. The summed E-state index contributed by atoms with van der Waals surface area (Å²) < 4.78 is 5.26. The molecule has 0 spiro atoms. The molecule has 1 fully saturated rings. The molecule has 0 radical (unpaired) electrons. The third kappa shape index (κ3) is 4.83. The van der Waals surface area contributed by atoms with Crippen LogP contribution in [-0.4, -0.2) is 44.2 Å². The highest BCUT2D eigenvalue weighted by molar-refractivity contribution is 5.76. The minimum Gasteiger partial charge on any atom is -0.380 e. The van der Waals surface area contributed by atoms with E-state index >= 15 is 0 Å². The van der Waals surface area contributed by atoms with Crippen molar-refractivity contribution in [3.8, 4) is 0 Å². The van der Waals surface area contributed by atoms with E-state index in [1.54, 1.807) is 0 Å². The summed E-state index contributed by atoms with van der Waals surface area (Å²) in [5.41, 5.74) is 1.40. The average molecular weight is 290 g/mol. The molecule has 21 heavy (non-hydrogen) atoms. The van der Waals surface area contributed by atoms with Gasteiger partial charge in [-0.3, -0.25) is 4.79 Å². The number of hydrogen-bond acceptors (Lipinski definition) is 3. The van der Waals surface area contributed by atoms with Gasteiger partial charge in [-0.15, -0.1) is 0 Å². The van der Waals surface area contributed by atoms with Crippen molar-refractivity contribution in [2.45, 2.75) is 26.3 Å². The van der Waals surface area contributed by atoms with Crippen LogP contribution >= 0.6 is 0 Å². The van der Waals surface area contributed by atoms with Crippen molar-refractivity contribution >= 4 is 5.91 Å². The fourth-order valence-electron chi connectivity index (χ4n) is 2.70. The van der Waals surface area contributed by atoms with Gasteiger partial charge in [-0.05, 0) is 19.5 Å². The molecule has 0 bridgehead atoms. The summed E-state index contributed by atoms with van der Waals surface area (Å²) in [6.45, 7) is 7.66. The van der Waals surface area contributed by atoms with Crippen molar-refractivity contribution in [2.75, 3.05) is 33.4 Å². The van der Waals surface area contributed by atoms with Crippen LogP contribution in [0.2, 0.25) is 0 Å². The first-order valence-electron chi connectivity index (χ1n) is 7.59. The van der Waals surface area contributed by atoms with Gasteiger partial charge in [0.25, 0.3) is 0 Å². The second-order valence-corrected chi connectivity index (χ2v) is 6.49. The Balaban J connectivity index is 1.69. The highest BCUT2D eigenvalue weighted by Gasteiger charge is 2.34. The standard InChI is InChI=1S/C17H26N2O2/c1-14(15-7-5-4-6-8-15)18-16(20)9-10-19(3)11-17(2)12-21-13-17/h4-8,14H,9-13H2,1-3H3,(H,18,20)/t14-/m1/s1. The molecule has 1 saturated heterocycles. The number of hydrogen-bond donors (Lipinski definition) is 1. The third-order valence-electron chi connectivity index (χ3n) is 3.95. The largest absolute Gasteiger partial charge is 0.380 e. The Morgan fingerprint density at radius 2 is 2.05 bits per heavy atom. The number of carbonyl (C=O) groups is 1. The van der Waals surface area contributed by atoms with Gasteiger partial charge in [0.2, 0.25) is 5.91 Å². The van der Waals surface area contributed by atoms with Gasteiger partial charge in [-0.25, -0.2) is 0 Å². The summed E-state index contributed by atoms with van der Waals surface area (Å²) >= 11 is 0. The minimum atomic E-state index is 0.0570. The van der Waals surface area contributed by atoms with E-state index in [-0.39, 0.29) is 17.4 Å². The Labute approximate surface area is 127 Å². The first-order valence-corrected chi connectivity index (χ1v) is 7.59. The van der Waals surface area contributed by atoms with Crippen molar-refractivity contribution in [3.05, 3.63) is 35.9 Å². The first kappa shape index (κ1) is 16.0. The topological polar surface area (TPSA) is 41.6 Å². The van der Waals surface area contributed by atoms with Crippen molar-refractivity contribution in [3.63, 3.8) is 0 Å². The second kappa shape index (κ2) is 7.05. The van der Waals surface area contributed by atoms with E-state index in [2.05, 4.69) is 24.2 Å². The molecular formula is C17H26N2O2. The van der Waals surface area contributed by atoms with Crippen molar-refractivity contribution in [2.24, 2.45) is 5.41 Å². The van der Waals surface area contributed by atoms with E-state index < -0.39 is 0 Å². The van der Waals surface area contributed by atoms with Crippen LogP contribution in [0.15, 0.2) is 30.3 Å². The lowest BCUT2D eigenvalue weighted by atomic mass is 9.88. The van der Waals surface area contributed by atoms with E-state index in [1.165, 1.54) is 0 Å². The van der Waals surface area contributed by atoms with E-state index in [0.29, 0.717) is 6.42 Å². The maximum absolute atomic E-state index is 12.0. The highest BCUT2D eigenvalue weighted by atomic mass is 16.5. The fraction of sp³-hybridized carbons (Fsp3) is 0.588. The van der Waals surface area contributed by atoms with Crippen molar-refractivity contribution in [1.82, 2.24) is 10.2 Å². The molecule has 2 rings (SSSR count). The van der Waals surface area contributed by atoms with Gasteiger partial charge in [0.1, 0.15) is 0 Å². The summed E-state index contributed by atoms with van der Waals surface area (Å²) in [6.07, 6.45) is 0.532. The highest BCUT2D eigenvalue weighted by Crippen LogP contribution is 2.27. The van der Waals surface area contributed by atoms with E-state index in [0.717, 1.165) is 31.9 Å². The maximum Gasteiger partial charge on any atom is 0.221 e. The zero-order valence-electron chi connectivity index (χ0n) is 13.3. The Kier molecular flexibility index (Phi) is 5.37. The van der Waals surface area contributed by atoms with Crippen LogP contribution in [0.5, 0.6) is 0 Å². The maximum atomic E-state index is 12.0. The van der Waals surface area contributed by atoms with Crippen LogP contribution in [0.3, 0.4) is 0 Å². The first-order chi connectivity index (χ1) is 9.98. The summed E-state index contributed by atoms with van der Waals surface area (Å²) in [5, 5.41) is 3.05. The smallest absolute Gasteiger partial charge is 0.221 e. The lowest BCUT2D eigenvalue weighted by Crippen LogP contribution is -2.48. The molecule has 0 saturated carbocycles. The number of benzene rings is 1. The van der Waals surface area contributed by atoms with Crippen molar-refractivity contribution in [1.29, 1.82) is 0 Å². The normalized spacial score (nSPS) is 18.1. The number of rotatable bonds is 7. The number of nitrogens with one attached hydrogen (secondary N) is 1. The van der Waals surface area contributed by atoms with Crippen LogP contribution in [0.25, 0.3) is 0 Å². The number of carbonyl (C=O) groups excluding carboxylic acids is 1. The van der Waals surface area contributed by atoms with Gasteiger partial charge in [-0.1, -0.05) is 37.3 Å². The lowest BCUT2D eigenvalue weighted by Gasteiger charge is -2.40. The van der Waals surface area contributed by atoms with Crippen LogP contribution in [0, 0.1) is 5.41 Å². The molecule has 1 aliphatic rings. The second-order valence-electron chi connectivity index (χ2n) is 6.49. The van der Waals surface area contributed by atoms with Gasteiger partial charge >= 0.3 is 0 Å². The summed E-state index contributed by atoms with van der Waals surface area (Å²) in [7, 11) is 2.07. The SMILES string of the molecule is C[C@@H](NC(=O)CCN(C)CC1(C)COC1)c1ccccc1. The number of nitrogens with zero attached hydrogens (tertiary/aromatic N) is 1. The third-order valence-corrected chi connectivity index (χ3v) is 3.95. The monoisotopic (exact) mass is 290 g/mol. The molecule has 0 unspecified atom stereocenters. The number of ether oxygens (including phenoxy) is 1. The Morgan fingerprint density at radius 3 is 2.62 bits per heavy atom. The predicted octanol–water partition coefficient (Wildman–Crippen LogP) is 2.22. The van der Waals surface area contributed by atoms with Crippen LogP contribution in [0.4, 0.5) is 0 Å². The Hall–Kier alpha value is -1.39. The lowest BCUT2D eigenvalue weighted by molar-refractivity contribution is -0.123. The minimum absolute atomic E-state index is 0.0570. The molecule has 116 valence electrons. The average Bonchev–Trinajstić information content (AvgIpc) is 2.44. The Bertz CT molecular complexity index is 457. The van der Waals surface area contributed by atoms with Crippen LogP contribution < -0.4 is 5.32 Å². The quantitative estimate of drug-likeness (QED) is 0.837. The van der Waals surface area contributed by atoms with E-state index in [1.807, 2.05) is 37.3 Å². The molecule has 1 N–H and O–H groups in total. The van der Waals surface area contributed by atoms with Crippen LogP contribution in [0.1, 0.15) is 31.9 Å². The molecule has 1 amide bonds. The molecule has 4 nitrogen and oxygen atoms in total. The zero-order valence-corrected chi connectivity index (χ0v) is 13.3. The molecule has 1 aliphatic heterocycles. The van der Waals surface area contributed by atoms with Gasteiger partial charge in [0, 0.05) is 24.9 Å². The Morgan fingerprint density at radius 1 is 1.38 bits per heavy atom. The zero-order chi connectivity index (χ0) is 15.3. The van der Waals surface area contributed by atoms with E-state index in [9.17, 15) is 4.79 Å². The molecule has 1 heterocycles. The van der Waals surface area contributed by atoms with Gasteiger partial charge in [-0.2, -0.15) is 0 Å². The molecule has 1 aromatic rings. The van der Waals surface area contributed by atoms with E-state index in [4.69, 9.17) is 4.74 Å². The fourth-order valence-corrected chi connectivity index (χ4v) is 2.70. The predicted molar refractivity (Wildman–Crippen MR) is 84.0 cm³/mol. The van der Waals surface area contributed by atoms with Gasteiger partial charge in [0.05, 0.1) is 19.3 Å². The molecule has 0 aliphatic carbocycles. The van der Waals surface area contributed by atoms with Gasteiger partial charge in [0.15, 0.2) is 0 Å². The van der Waals surface area contributed by atoms with Crippen molar-refractivity contribution < 1.29 is 9.53 Å². The summed E-state index contributed by atoms with van der Waals surface area (Å²) in [4.78, 5) is 14.2. The number of amides is 1. The molecule has 1 aromatic carbocycles. The van der Waals surface area contributed by atoms with Gasteiger partial charge < -0.3 is 15.0 Å². The molecule has 1 atom stereocenters. The van der Waals surface area contributed by atoms with Crippen LogP contribution in [-0.2, 0) is 9.53 Å². The molecular weight excluding hydrogens is 264 g/mol.